The van der Waals surface area contributed by atoms with Gasteiger partial charge in [-0.1, -0.05) is 31.4 Å². The molecule has 0 heterocycles. The molecule has 0 aromatic heterocycles. The molecule has 2 aliphatic carbocycles. The van der Waals surface area contributed by atoms with Crippen molar-refractivity contribution in [2.75, 3.05) is 27.7 Å². The van der Waals surface area contributed by atoms with E-state index in [2.05, 4.69) is 22.5 Å². The first-order valence-corrected chi connectivity index (χ1v) is 10.9. The van der Waals surface area contributed by atoms with Gasteiger partial charge < -0.3 is 20.3 Å². The van der Waals surface area contributed by atoms with Gasteiger partial charge in [0.15, 0.2) is 5.96 Å². The number of amides is 1. The number of carbonyl (C=O) groups excluding carboxylic acids is 1. The Hall–Kier alpha value is -2.08. The minimum Gasteiger partial charge on any atom is -0.378 e. The maximum atomic E-state index is 12.0. The van der Waals surface area contributed by atoms with Crippen LogP contribution in [0.2, 0.25) is 0 Å². The van der Waals surface area contributed by atoms with E-state index in [0.29, 0.717) is 24.3 Å². The average Bonchev–Trinajstić information content (AvgIpc) is 2.75. The third-order valence-electron chi connectivity index (χ3n) is 6.54. The molecule has 0 bridgehead atoms. The Bertz CT molecular complexity index is 708. The fraction of sp³-hybridized carbons (Fsp3) is 0.652. The molecule has 1 spiro atoms. The van der Waals surface area contributed by atoms with Crippen molar-refractivity contribution in [1.82, 2.24) is 15.5 Å². The standard InChI is InChI=1S/C23H36N4O2/c1-5-29-20-15-19(23(20)13-7-6-8-14-23)26-22(24-2)25-16-17-9-11-18(12-10-17)21(28)27(3)4/h9-12,19-20H,5-8,13-16H2,1-4H3,(H2,24,25,26). The lowest BCUT2D eigenvalue weighted by molar-refractivity contribution is -0.145. The van der Waals surface area contributed by atoms with Crippen molar-refractivity contribution in [2.45, 2.75) is 64.1 Å². The van der Waals surface area contributed by atoms with E-state index >= 15 is 0 Å². The second-order valence-corrected chi connectivity index (χ2v) is 8.49. The summed E-state index contributed by atoms with van der Waals surface area (Å²) in [5.41, 5.74) is 2.09. The van der Waals surface area contributed by atoms with E-state index in [4.69, 9.17) is 4.74 Å². The topological polar surface area (TPSA) is 66.0 Å². The lowest BCUT2D eigenvalue weighted by Gasteiger charge is -2.57. The molecule has 3 rings (SSSR count). The van der Waals surface area contributed by atoms with Gasteiger partial charge in [-0.05, 0) is 43.9 Å². The third-order valence-corrected chi connectivity index (χ3v) is 6.54. The van der Waals surface area contributed by atoms with Gasteiger partial charge in [0, 0.05) is 51.3 Å². The first-order valence-electron chi connectivity index (χ1n) is 10.9. The lowest BCUT2D eigenvalue weighted by atomic mass is 9.55. The number of nitrogens with one attached hydrogen (secondary N) is 2. The molecule has 29 heavy (non-hydrogen) atoms. The van der Waals surface area contributed by atoms with E-state index in [0.717, 1.165) is 24.6 Å². The van der Waals surface area contributed by atoms with Crippen LogP contribution in [-0.2, 0) is 11.3 Å². The number of carbonyl (C=O) groups is 1. The van der Waals surface area contributed by atoms with Crippen LogP contribution < -0.4 is 10.6 Å². The van der Waals surface area contributed by atoms with Crippen LogP contribution in [0.15, 0.2) is 29.3 Å². The number of nitrogens with zero attached hydrogens (tertiary/aromatic N) is 2. The average molecular weight is 401 g/mol. The normalized spacial score (nSPS) is 23.4. The highest BCUT2D eigenvalue weighted by Crippen LogP contribution is 2.53. The first kappa shape index (κ1) is 21.6. The summed E-state index contributed by atoms with van der Waals surface area (Å²) < 4.78 is 6.06. The van der Waals surface area contributed by atoms with Crippen LogP contribution in [0.3, 0.4) is 0 Å². The van der Waals surface area contributed by atoms with Gasteiger partial charge in [0.25, 0.3) is 5.91 Å². The number of ether oxygens (including phenoxy) is 1. The van der Waals surface area contributed by atoms with Gasteiger partial charge in [0.1, 0.15) is 0 Å². The number of benzene rings is 1. The molecule has 0 saturated heterocycles. The van der Waals surface area contributed by atoms with Crippen LogP contribution in [0.4, 0.5) is 0 Å². The Morgan fingerprint density at radius 2 is 1.90 bits per heavy atom. The number of hydrogen-bond acceptors (Lipinski definition) is 3. The van der Waals surface area contributed by atoms with Crippen molar-refractivity contribution in [3.63, 3.8) is 0 Å². The van der Waals surface area contributed by atoms with Crippen LogP contribution in [0.25, 0.3) is 0 Å². The predicted octanol–water partition coefficient (Wildman–Crippen LogP) is 3.18. The van der Waals surface area contributed by atoms with Crippen molar-refractivity contribution >= 4 is 11.9 Å². The Morgan fingerprint density at radius 1 is 1.21 bits per heavy atom. The van der Waals surface area contributed by atoms with Gasteiger partial charge in [-0.2, -0.15) is 0 Å². The molecule has 2 fully saturated rings. The molecule has 2 N–H and O–H groups in total. The zero-order chi connectivity index (χ0) is 20.9. The number of hydrogen-bond donors (Lipinski definition) is 2. The van der Waals surface area contributed by atoms with Crippen molar-refractivity contribution in [1.29, 1.82) is 0 Å². The smallest absolute Gasteiger partial charge is 0.253 e. The molecule has 2 atom stereocenters. The SMILES string of the molecule is CCOC1CC(NC(=NC)NCc2ccc(C(=O)N(C)C)cc2)C12CCCCC2. The van der Waals surface area contributed by atoms with Crippen molar-refractivity contribution < 1.29 is 9.53 Å². The molecule has 1 aromatic rings. The Labute approximate surface area is 175 Å². The summed E-state index contributed by atoms with van der Waals surface area (Å²) in [6.07, 6.45) is 7.85. The van der Waals surface area contributed by atoms with Gasteiger partial charge >= 0.3 is 0 Å². The number of aliphatic imine (C=N–C) groups is 1. The van der Waals surface area contributed by atoms with Crippen molar-refractivity contribution in [3.8, 4) is 0 Å². The Morgan fingerprint density at radius 3 is 2.48 bits per heavy atom. The predicted molar refractivity (Wildman–Crippen MR) is 117 cm³/mol. The van der Waals surface area contributed by atoms with Gasteiger partial charge in [-0.25, -0.2) is 0 Å². The van der Waals surface area contributed by atoms with E-state index in [1.54, 1.807) is 19.0 Å². The number of guanidine groups is 1. The van der Waals surface area contributed by atoms with Crippen molar-refractivity contribution in [2.24, 2.45) is 10.4 Å². The summed E-state index contributed by atoms with van der Waals surface area (Å²) in [6.45, 7) is 3.55. The van der Waals surface area contributed by atoms with Crippen LogP contribution in [0.5, 0.6) is 0 Å². The molecular weight excluding hydrogens is 364 g/mol. The second-order valence-electron chi connectivity index (χ2n) is 8.49. The zero-order valence-electron chi connectivity index (χ0n) is 18.3. The minimum atomic E-state index is 0.0219. The molecule has 6 nitrogen and oxygen atoms in total. The van der Waals surface area contributed by atoms with E-state index in [1.165, 1.54) is 32.1 Å². The van der Waals surface area contributed by atoms with Crippen LogP contribution >= 0.6 is 0 Å². The van der Waals surface area contributed by atoms with Gasteiger partial charge in [-0.15, -0.1) is 0 Å². The molecule has 160 valence electrons. The van der Waals surface area contributed by atoms with Gasteiger partial charge in [0.2, 0.25) is 0 Å². The van der Waals surface area contributed by atoms with Gasteiger partial charge in [-0.3, -0.25) is 9.79 Å². The Balaban J connectivity index is 1.56. The van der Waals surface area contributed by atoms with E-state index in [1.807, 2.05) is 31.3 Å². The van der Waals surface area contributed by atoms with E-state index in [-0.39, 0.29) is 11.3 Å². The summed E-state index contributed by atoms with van der Waals surface area (Å²) in [5, 5.41) is 7.09. The highest BCUT2D eigenvalue weighted by molar-refractivity contribution is 5.93. The lowest BCUT2D eigenvalue weighted by Crippen LogP contribution is -2.66. The molecule has 1 aromatic carbocycles. The second kappa shape index (κ2) is 9.61. The molecule has 2 aliphatic rings. The summed E-state index contributed by atoms with van der Waals surface area (Å²) in [5.74, 6) is 0.858. The van der Waals surface area contributed by atoms with Crippen LogP contribution in [-0.4, -0.2) is 56.7 Å². The quantitative estimate of drug-likeness (QED) is 0.569. The third kappa shape index (κ3) is 4.74. The van der Waals surface area contributed by atoms with Crippen LogP contribution in [0, 0.1) is 5.41 Å². The monoisotopic (exact) mass is 400 g/mol. The van der Waals surface area contributed by atoms with Gasteiger partial charge in [0.05, 0.1) is 6.10 Å². The summed E-state index contributed by atoms with van der Waals surface area (Å²) in [4.78, 5) is 18.0. The summed E-state index contributed by atoms with van der Waals surface area (Å²) >= 11 is 0. The fourth-order valence-electron chi connectivity index (χ4n) is 4.83. The fourth-order valence-corrected chi connectivity index (χ4v) is 4.83. The molecular formula is C23H36N4O2. The molecule has 1 amide bonds. The van der Waals surface area contributed by atoms with E-state index in [9.17, 15) is 4.79 Å². The maximum Gasteiger partial charge on any atom is 0.253 e. The maximum absolute atomic E-state index is 12.0. The van der Waals surface area contributed by atoms with Crippen molar-refractivity contribution in [3.05, 3.63) is 35.4 Å². The summed E-state index contributed by atoms with van der Waals surface area (Å²) in [7, 11) is 5.35. The first-order chi connectivity index (χ1) is 14.0. The van der Waals surface area contributed by atoms with Crippen LogP contribution in [0.1, 0.15) is 61.4 Å². The highest BCUT2D eigenvalue weighted by Gasteiger charge is 2.55. The molecule has 0 radical (unpaired) electrons. The zero-order valence-corrected chi connectivity index (χ0v) is 18.3. The molecule has 0 aliphatic heterocycles. The Kier molecular flexibility index (Phi) is 7.17. The minimum absolute atomic E-state index is 0.0219. The molecule has 2 unspecified atom stereocenters. The molecule has 2 saturated carbocycles. The summed E-state index contributed by atoms with van der Waals surface area (Å²) in [6, 6.07) is 8.17. The van der Waals surface area contributed by atoms with E-state index < -0.39 is 0 Å². The number of rotatable bonds is 6. The largest absolute Gasteiger partial charge is 0.378 e. The highest BCUT2D eigenvalue weighted by atomic mass is 16.5. The molecule has 6 heteroatoms.